The van der Waals surface area contributed by atoms with Crippen LogP contribution in [0.25, 0.3) is 0 Å². The fourth-order valence-corrected chi connectivity index (χ4v) is 1.70. The number of hydrogen-bond acceptors (Lipinski definition) is 4. The quantitative estimate of drug-likeness (QED) is 0.681. The molecule has 0 saturated carbocycles. The van der Waals surface area contributed by atoms with Crippen molar-refractivity contribution in [2.45, 2.75) is 6.92 Å². The van der Waals surface area contributed by atoms with E-state index in [0.717, 1.165) is 5.56 Å². The Hall–Kier alpha value is -2.89. The molecule has 0 aliphatic rings. The zero-order chi connectivity index (χ0) is 14.7. The molecule has 0 saturated heterocycles. The summed E-state index contributed by atoms with van der Waals surface area (Å²) in [5.74, 6) is -1.08. The van der Waals surface area contributed by atoms with Crippen LogP contribution in [0.3, 0.4) is 0 Å². The predicted molar refractivity (Wildman–Crippen MR) is 71.3 cm³/mol. The fraction of sp³-hybridized carbons (Fsp3) is 0.0714. The number of ether oxygens (including phenoxy) is 1. The summed E-state index contributed by atoms with van der Waals surface area (Å²) in [5.41, 5.74) is 0.512. The Kier molecular flexibility index (Phi) is 3.65. The summed E-state index contributed by atoms with van der Waals surface area (Å²) in [7, 11) is 0. The molecule has 2 aromatic rings. The van der Waals surface area contributed by atoms with Crippen molar-refractivity contribution < 1.29 is 19.6 Å². The molecule has 0 fully saturated rings. The molecule has 0 aromatic heterocycles. The van der Waals surface area contributed by atoms with Gasteiger partial charge in [-0.25, -0.2) is 4.79 Å². The Bertz CT molecular complexity index is 681. The Morgan fingerprint density at radius 2 is 1.90 bits per heavy atom. The summed E-state index contributed by atoms with van der Waals surface area (Å²) >= 11 is 0. The van der Waals surface area contributed by atoms with Crippen molar-refractivity contribution in [2.24, 2.45) is 0 Å². The number of nitro benzene ring substituents is 1. The first-order valence-electron chi connectivity index (χ1n) is 5.74. The number of aryl methyl sites for hydroxylation is 1. The zero-order valence-corrected chi connectivity index (χ0v) is 10.6. The highest BCUT2D eigenvalue weighted by Gasteiger charge is 2.18. The van der Waals surface area contributed by atoms with E-state index in [1.807, 2.05) is 0 Å². The van der Waals surface area contributed by atoms with E-state index in [4.69, 9.17) is 9.84 Å². The molecule has 0 bridgehead atoms. The molecule has 6 nitrogen and oxygen atoms in total. The lowest BCUT2D eigenvalue weighted by Crippen LogP contribution is -2.01. The number of carboxylic acid groups (broad SMARTS) is 1. The Morgan fingerprint density at radius 3 is 2.55 bits per heavy atom. The van der Waals surface area contributed by atoms with E-state index in [1.165, 1.54) is 24.3 Å². The van der Waals surface area contributed by atoms with E-state index < -0.39 is 10.9 Å². The number of hydrogen-bond donors (Lipinski definition) is 1. The normalized spacial score (nSPS) is 10.1. The maximum atomic E-state index is 11.1. The van der Waals surface area contributed by atoms with Crippen LogP contribution in [0, 0.1) is 17.0 Å². The highest BCUT2D eigenvalue weighted by atomic mass is 16.6. The minimum Gasteiger partial charge on any atom is -0.478 e. The van der Waals surface area contributed by atoms with Gasteiger partial charge in [-0.05, 0) is 30.7 Å². The number of nitro groups is 1. The van der Waals surface area contributed by atoms with Gasteiger partial charge in [0.25, 0.3) is 0 Å². The molecule has 102 valence electrons. The molecule has 6 heteroatoms. The zero-order valence-electron chi connectivity index (χ0n) is 10.6. The van der Waals surface area contributed by atoms with E-state index >= 15 is 0 Å². The third-order valence-electron chi connectivity index (χ3n) is 2.65. The second kappa shape index (κ2) is 5.40. The lowest BCUT2D eigenvalue weighted by Gasteiger charge is -2.09. The smallest absolute Gasteiger partial charge is 0.339 e. The number of para-hydroxylation sites is 1. The van der Waals surface area contributed by atoms with Gasteiger partial charge in [0.2, 0.25) is 5.75 Å². The highest BCUT2D eigenvalue weighted by molar-refractivity contribution is 5.91. The van der Waals surface area contributed by atoms with Crippen molar-refractivity contribution in [3.63, 3.8) is 0 Å². The van der Waals surface area contributed by atoms with Crippen LogP contribution in [0.1, 0.15) is 15.9 Å². The number of benzene rings is 2. The van der Waals surface area contributed by atoms with Crippen LogP contribution in [-0.2, 0) is 0 Å². The Morgan fingerprint density at radius 1 is 1.20 bits per heavy atom. The van der Waals surface area contributed by atoms with E-state index in [-0.39, 0.29) is 22.7 Å². The first kappa shape index (κ1) is 13.5. The van der Waals surface area contributed by atoms with Crippen LogP contribution < -0.4 is 4.74 Å². The van der Waals surface area contributed by atoms with Crippen LogP contribution in [0.15, 0.2) is 42.5 Å². The van der Waals surface area contributed by atoms with Gasteiger partial charge in [0.15, 0.2) is 0 Å². The highest BCUT2D eigenvalue weighted by Crippen LogP contribution is 2.33. The van der Waals surface area contributed by atoms with Gasteiger partial charge in [0, 0.05) is 6.07 Å². The number of carbonyl (C=O) groups is 1. The lowest BCUT2D eigenvalue weighted by atomic mass is 10.2. The van der Waals surface area contributed by atoms with Crippen molar-refractivity contribution >= 4 is 11.7 Å². The average Bonchev–Trinajstić information content (AvgIpc) is 2.38. The second-order valence-electron chi connectivity index (χ2n) is 4.13. The van der Waals surface area contributed by atoms with E-state index in [2.05, 4.69) is 0 Å². The minimum absolute atomic E-state index is 0.0173. The minimum atomic E-state index is -1.16. The van der Waals surface area contributed by atoms with Gasteiger partial charge in [0.05, 0.1) is 4.92 Å². The molecule has 2 rings (SSSR count). The molecule has 0 heterocycles. The van der Waals surface area contributed by atoms with Crippen molar-refractivity contribution in [1.29, 1.82) is 0 Å². The molecule has 20 heavy (non-hydrogen) atoms. The first-order valence-corrected chi connectivity index (χ1v) is 5.74. The molecule has 2 aromatic carbocycles. The summed E-state index contributed by atoms with van der Waals surface area (Å²) in [6.07, 6.45) is 0. The van der Waals surface area contributed by atoms with E-state index in [9.17, 15) is 14.9 Å². The molecule has 1 N–H and O–H groups in total. The standard InChI is InChI=1S/C14H11NO5/c1-9-6-7-11(15(18)19)13(8-9)20-12-5-3-2-4-10(12)14(16)17/h2-8H,1H3,(H,16,17). The molecule has 0 spiro atoms. The molecule has 0 aliphatic heterocycles. The SMILES string of the molecule is Cc1ccc([N+](=O)[O-])c(Oc2ccccc2C(=O)O)c1. The van der Waals surface area contributed by atoms with Crippen LogP contribution in [0.5, 0.6) is 11.5 Å². The average molecular weight is 273 g/mol. The summed E-state index contributed by atoms with van der Waals surface area (Å²) in [6.45, 7) is 1.76. The largest absolute Gasteiger partial charge is 0.478 e. The molecule has 0 radical (unpaired) electrons. The summed E-state index contributed by atoms with van der Waals surface area (Å²) in [4.78, 5) is 21.5. The Labute approximate surface area is 114 Å². The van der Waals surface area contributed by atoms with Gasteiger partial charge in [-0.15, -0.1) is 0 Å². The molecule has 0 atom stereocenters. The van der Waals surface area contributed by atoms with Gasteiger partial charge in [-0.2, -0.15) is 0 Å². The summed E-state index contributed by atoms with van der Waals surface area (Å²) in [6, 6.07) is 10.4. The van der Waals surface area contributed by atoms with Crippen LogP contribution in [-0.4, -0.2) is 16.0 Å². The van der Waals surface area contributed by atoms with Crippen LogP contribution in [0.2, 0.25) is 0 Å². The molecular weight excluding hydrogens is 262 g/mol. The molecule has 0 aliphatic carbocycles. The van der Waals surface area contributed by atoms with Gasteiger partial charge < -0.3 is 9.84 Å². The lowest BCUT2D eigenvalue weighted by molar-refractivity contribution is -0.385. The predicted octanol–water partition coefficient (Wildman–Crippen LogP) is 3.39. The van der Waals surface area contributed by atoms with Crippen molar-refractivity contribution in [2.75, 3.05) is 0 Å². The van der Waals surface area contributed by atoms with Crippen LogP contribution >= 0.6 is 0 Å². The van der Waals surface area contributed by atoms with Crippen molar-refractivity contribution in [3.8, 4) is 11.5 Å². The van der Waals surface area contributed by atoms with Gasteiger partial charge in [-0.3, -0.25) is 10.1 Å². The number of rotatable bonds is 4. The third-order valence-corrected chi connectivity index (χ3v) is 2.65. The molecule has 0 amide bonds. The molecular formula is C14H11NO5. The fourth-order valence-electron chi connectivity index (χ4n) is 1.70. The number of nitrogens with zero attached hydrogens (tertiary/aromatic N) is 1. The third kappa shape index (κ3) is 2.74. The number of carboxylic acids is 1. The van der Waals surface area contributed by atoms with Crippen LogP contribution in [0.4, 0.5) is 5.69 Å². The summed E-state index contributed by atoms with van der Waals surface area (Å²) < 4.78 is 5.42. The van der Waals surface area contributed by atoms with Gasteiger partial charge >= 0.3 is 11.7 Å². The second-order valence-corrected chi connectivity index (χ2v) is 4.13. The van der Waals surface area contributed by atoms with Gasteiger partial charge in [0.1, 0.15) is 11.3 Å². The maximum Gasteiger partial charge on any atom is 0.339 e. The van der Waals surface area contributed by atoms with Crippen molar-refractivity contribution in [1.82, 2.24) is 0 Å². The first-order chi connectivity index (χ1) is 9.49. The number of aromatic carboxylic acids is 1. The van der Waals surface area contributed by atoms with Gasteiger partial charge in [-0.1, -0.05) is 18.2 Å². The monoisotopic (exact) mass is 273 g/mol. The summed E-state index contributed by atoms with van der Waals surface area (Å²) in [5, 5.41) is 20.0. The Balaban J connectivity index is 2.47. The topological polar surface area (TPSA) is 89.7 Å². The van der Waals surface area contributed by atoms with Crippen molar-refractivity contribution in [3.05, 3.63) is 63.7 Å². The maximum absolute atomic E-state index is 11.1. The van der Waals surface area contributed by atoms with E-state index in [0.29, 0.717) is 0 Å². The molecule has 0 unspecified atom stereocenters. The van der Waals surface area contributed by atoms with E-state index in [1.54, 1.807) is 25.1 Å².